The third-order valence-electron chi connectivity index (χ3n) is 8.55. The first kappa shape index (κ1) is 29.4. The number of benzene rings is 1. The second-order valence-electron chi connectivity index (χ2n) is 11.4. The van der Waals surface area contributed by atoms with Gasteiger partial charge in [0.2, 0.25) is 11.8 Å². The normalized spacial score (nSPS) is 23.1. The van der Waals surface area contributed by atoms with Gasteiger partial charge >= 0.3 is 6.18 Å². The number of aliphatic hydroxyl groups is 1. The second kappa shape index (κ2) is 12.0. The van der Waals surface area contributed by atoms with E-state index in [0.717, 1.165) is 18.9 Å². The second-order valence-corrected chi connectivity index (χ2v) is 11.4. The number of imide groups is 1. The number of β-amino-alcohol motifs (C(OH)–C–C–N with tert-alkyl or cyclic N) is 1. The minimum Gasteiger partial charge on any atom is -0.477 e. The Morgan fingerprint density at radius 2 is 1.93 bits per heavy atom. The third kappa shape index (κ3) is 6.70. The summed E-state index contributed by atoms with van der Waals surface area (Å²) in [6, 6.07) is 6.49. The lowest BCUT2D eigenvalue weighted by atomic mass is 9.67. The molecule has 41 heavy (non-hydrogen) atoms. The molecule has 0 radical (unpaired) electrons. The Balaban J connectivity index is 1.09. The molecule has 0 spiro atoms. The van der Waals surface area contributed by atoms with Crippen LogP contribution in [-0.4, -0.2) is 77.9 Å². The van der Waals surface area contributed by atoms with Crippen LogP contribution in [0.1, 0.15) is 48.9 Å². The van der Waals surface area contributed by atoms with E-state index in [2.05, 4.69) is 15.6 Å². The van der Waals surface area contributed by atoms with Gasteiger partial charge in [0.1, 0.15) is 5.82 Å². The minimum atomic E-state index is -4.15. The number of hydrogen-bond donors (Lipinski definition) is 3. The molecule has 3 N–H and O–H groups in total. The lowest BCUT2D eigenvalue weighted by molar-refractivity contribution is -0.256. The topological polar surface area (TPSA) is 104 Å². The number of likely N-dealkylation sites (tertiary alicyclic amines) is 1. The first-order valence-electron chi connectivity index (χ1n) is 14.0. The molecule has 5 rings (SSSR count). The fraction of sp³-hybridized carbons (Fsp3) is 0.552. The van der Waals surface area contributed by atoms with E-state index in [1.165, 1.54) is 18.3 Å². The number of alkyl halides is 3. The van der Waals surface area contributed by atoms with Crippen molar-refractivity contribution in [3.05, 3.63) is 47.9 Å². The van der Waals surface area contributed by atoms with Crippen molar-refractivity contribution in [2.75, 3.05) is 32.8 Å². The molecule has 1 aliphatic carbocycles. The molecule has 2 aromatic rings. The fourth-order valence-electron chi connectivity index (χ4n) is 5.78. The molecule has 3 fully saturated rings. The van der Waals surface area contributed by atoms with Crippen LogP contribution in [0, 0.1) is 17.2 Å². The Kier molecular flexibility index (Phi) is 8.62. The molecule has 222 valence electrons. The molecule has 1 saturated carbocycles. The number of amides is 2. The summed E-state index contributed by atoms with van der Waals surface area (Å²) in [5.41, 5.74) is -0.850. The minimum absolute atomic E-state index is 0.0154. The molecule has 0 unspecified atom stereocenters. The van der Waals surface area contributed by atoms with Crippen LogP contribution >= 0.6 is 0 Å². The van der Waals surface area contributed by atoms with Gasteiger partial charge in [-0.25, -0.2) is 9.37 Å². The van der Waals surface area contributed by atoms with Crippen molar-refractivity contribution in [1.29, 1.82) is 0 Å². The number of ether oxygens (including phenoxy) is 1. The number of carbonyl (C=O) groups is 2. The molecule has 0 bridgehead atoms. The number of carbonyl (C=O) groups excluding carboxylic acids is 2. The molecular weight excluding hydrogens is 544 g/mol. The number of aromatic nitrogens is 1. The highest BCUT2D eigenvalue weighted by Crippen LogP contribution is 2.53. The van der Waals surface area contributed by atoms with E-state index in [0.29, 0.717) is 37.6 Å². The lowest BCUT2D eigenvalue weighted by Gasteiger charge is -2.47. The molecule has 1 aromatic carbocycles. The summed E-state index contributed by atoms with van der Waals surface area (Å²) in [6.07, 6.45) is -0.563. The number of piperidine rings is 1. The van der Waals surface area contributed by atoms with E-state index in [9.17, 15) is 32.3 Å². The van der Waals surface area contributed by atoms with Crippen LogP contribution in [-0.2, 0) is 4.79 Å². The van der Waals surface area contributed by atoms with Crippen molar-refractivity contribution in [2.24, 2.45) is 11.3 Å². The molecule has 12 heteroatoms. The maximum atomic E-state index is 14.9. The van der Waals surface area contributed by atoms with Crippen LogP contribution in [0.2, 0.25) is 0 Å². The quantitative estimate of drug-likeness (QED) is 0.324. The summed E-state index contributed by atoms with van der Waals surface area (Å²) >= 11 is 0. The summed E-state index contributed by atoms with van der Waals surface area (Å²) in [5.74, 6) is -1.39. The zero-order chi connectivity index (χ0) is 29.2. The highest BCUT2D eigenvalue weighted by molar-refractivity contribution is 6.06. The molecule has 2 aliphatic heterocycles. The molecule has 2 saturated heterocycles. The van der Waals surface area contributed by atoms with Gasteiger partial charge in [0.25, 0.3) is 5.91 Å². The van der Waals surface area contributed by atoms with E-state index in [4.69, 9.17) is 4.74 Å². The molecule has 1 aromatic heterocycles. The van der Waals surface area contributed by atoms with Gasteiger partial charge in [-0.2, -0.15) is 13.2 Å². The van der Waals surface area contributed by atoms with Crippen LogP contribution < -0.4 is 15.4 Å². The van der Waals surface area contributed by atoms with Crippen molar-refractivity contribution in [3.8, 4) is 17.0 Å². The monoisotopic (exact) mass is 578 g/mol. The summed E-state index contributed by atoms with van der Waals surface area (Å²) in [7, 11) is 0. The number of pyridine rings is 1. The predicted molar refractivity (Wildman–Crippen MR) is 142 cm³/mol. The molecule has 8 nitrogen and oxygen atoms in total. The summed E-state index contributed by atoms with van der Waals surface area (Å²) < 4.78 is 61.2. The molecule has 2 atom stereocenters. The molecular formula is C29H34F4N4O4. The summed E-state index contributed by atoms with van der Waals surface area (Å²) in [5, 5.41) is 14.6. The Labute approximate surface area is 235 Å². The Bertz CT molecular complexity index is 1240. The van der Waals surface area contributed by atoms with Crippen LogP contribution in [0.5, 0.6) is 5.88 Å². The van der Waals surface area contributed by atoms with E-state index in [-0.39, 0.29) is 49.4 Å². The van der Waals surface area contributed by atoms with Crippen LogP contribution in [0.25, 0.3) is 11.1 Å². The Morgan fingerprint density at radius 1 is 1.17 bits per heavy atom. The van der Waals surface area contributed by atoms with E-state index in [1.54, 1.807) is 12.1 Å². The lowest BCUT2D eigenvalue weighted by Crippen LogP contribution is -2.53. The number of nitrogens with zero attached hydrogens (tertiary/aromatic N) is 2. The van der Waals surface area contributed by atoms with Crippen molar-refractivity contribution >= 4 is 11.8 Å². The number of hydrogen-bond acceptors (Lipinski definition) is 7. The van der Waals surface area contributed by atoms with Crippen LogP contribution in [0.3, 0.4) is 0 Å². The van der Waals surface area contributed by atoms with Gasteiger partial charge < -0.3 is 20.1 Å². The molecule has 3 heterocycles. The number of halogens is 4. The van der Waals surface area contributed by atoms with Crippen molar-refractivity contribution in [2.45, 2.75) is 56.8 Å². The number of aliphatic hydroxyl groups excluding tert-OH is 1. The van der Waals surface area contributed by atoms with Gasteiger partial charge in [0, 0.05) is 42.0 Å². The van der Waals surface area contributed by atoms with Gasteiger partial charge in [-0.05, 0) is 69.3 Å². The Hall–Kier alpha value is -3.09. The van der Waals surface area contributed by atoms with Crippen LogP contribution in [0.15, 0.2) is 36.5 Å². The average Bonchev–Trinajstić information content (AvgIpc) is 3.36. The average molecular weight is 579 g/mol. The highest BCUT2D eigenvalue weighted by Gasteiger charge is 2.58. The van der Waals surface area contributed by atoms with E-state index >= 15 is 0 Å². The molecule has 3 aliphatic rings. The fourth-order valence-corrected chi connectivity index (χ4v) is 5.78. The van der Waals surface area contributed by atoms with Crippen molar-refractivity contribution < 1.29 is 37.0 Å². The van der Waals surface area contributed by atoms with Gasteiger partial charge in [0.15, 0.2) is 0 Å². The Morgan fingerprint density at radius 3 is 2.49 bits per heavy atom. The largest absolute Gasteiger partial charge is 0.477 e. The standard InChI is InChI=1S/C29H34F4N4O4/c30-23-12-19(26(39)36-27(40)24-13-21(38)15-34-24)2-4-22(23)20-3-5-25(35-14-20)41-16-18-6-10-37(11-7-18)17-28(8-1-9-28)29(31,32)33/h2-5,12,14,18,21,24,34,38H,1,6-11,13,15-17H2,(H,36,39,40)/t21-,24+/m1/s1. The number of nitrogens with one attached hydrogen (secondary N) is 2. The predicted octanol–water partition coefficient (Wildman–Crippen LogP) is 3.69. The maximum Gasteiger partial charge on any atom is 0.395 e. The first-order chi connectivity index (χ1) is 19.5. The van der Waals surface area contributed by atoms with Crippen molar-refractivity contribution in [3.63, 3.8) is 0 Å². The smallest absolute Gasteiger partial charge is 0.395 e. The third-order valence-corrected chi connectivity index (χ3v) is 8.55. The maximum absolute atomic E-state index is 14.9. The van der Waals surface area contributed by atoms with E-state index in [1.807, 2.05) is 4.90 Å². The molecule has 2 amide bonds. The van der Waals surface area contributed by atoms with Gasteiger partial charge in [-0.15, -0.1) is 0 Å². The van der Waals surface area contributed by atoms with Gasteiger partial charge in [-0.1, -0.05) is 12.5 Å². The van der Waals surface area contributed by atoms with Gasteiger partial charge in [0.05, 0.1) is 24.2 Å². The SMILES string of the molecule is O=C(NC(=O)[C@@H]1C[C@@H](O)CN1)c1ccc(-c2ccc(OCC3CCN(CC4(C(F)(F)F)CCC4)CC3)nc2)c(F)c1. The summed E-state index contributed by atoms with van der Waals surface area (Å²) in [4.78, 5) is 30.8. The zero-order valence-electron chi connectivity index (χ0n) is 22.6. The van der Waals surface area contributed by atoms with Crippen LogP contribution in [0.4, 0.5) is 17.6 Å². The number of rotatable bonds is 8. The summed E-state index contributed by atoms with van der Waals surface area (Å²) in [6.45, 7) is 1.97. The first-order valence-corrected chi connectivity index (χ1v) is 14.0. The van der Waals surface area contributed by atoms with Gasteiger partial charge in [-0.3, -0.25) is 14.9 Å². The highest BCUT2D eigenvalue weighted by atomic mass is 19.4. The zero-order valence-corrected chi connectivity index (χ0v) is 22.6. The van der Waals surface area contributed by atoms with E-state index < -0.39 is 41.4 Å². The van der Waals surface area contributed by atoms with Crippen molar-refractivity contribution in [1.82, 2.24) is 20.5 Å².